The second-order valence-corrected chi connectivity index (χ2v) is 9.50. The molecule has 2 unspecified atom stereocenters. The van der Waals surface area contributed by atoms with Gasteiger partial charge in [0.2, 0.25) is 5.91 Å². The molecular formula is C25H25F3N2O5. The molecule has 35 heavy (non-hydrogen) atoms. The van der Waals surface area contributed by atoms with Crippen LogP contribution in [0.2, 0.25) is 0 Å². The number of hydrogen-bond acceptors (Lipinski definition) is 4. The lowest BCUT2D eigenvalue weighted by atomic mass is 9.74. The van der Waals surface area contributed by atoms with Gasteiger partial charge in [0.05, 0.1) is 0 Å². The molecule has 2 aliphatic rings. The molecule has 186 valence electrons. The Morgan fingerprint density at radius 1 is 1.09 bits per heavy atom. The summed E-state index contributed by atoms with van der Waals surface area (Å²) in [5.74, 6) is -5.61. The first-order valence-electron chi connectivity index (χ1n) is 11.1. The molecule has 1 heterocycles. The van der Waals surface area contributed by atoms with Gasteiger partial charge in [0.15, 0.2) is 5.92 Å². The molecule has 1 fully saturated rings. The highest BCUT2D eigenvalue weighted by Gasteiger charge is 2.57. The fraction of sp³-hybridized carbons (Fsp3) is 0.400. The zero-order valence-corrected chi connectivity index (χ0v) is 19.1. The van der Waals surface area contributed by atoms with Gasteiger partial charge in [0.25, 0.3) is 0 Å². The number of rotatable bonds is 6. The topological polar surface area (TPSA) is 95.9 Å². The Balaban J connectivity index is 1.40. The van der Waals surface area contributed by atoms with Crippen LogP contribution in [0, 0.1) is 11.3 Å². The van der Waals surface area contributed by atoms with Gasteiger partial charge in [-0.1, -0.05) is 62.4 Å². The van der Waals surface area contributed by atoms with Crippen LogP contribution in [0.4, 0.5) is 18.0 Å². The minimum atomic E-state index is -4.98. The van der Waals surface area contributed by atoms with Crippen molar-refractivity contribution < 1.29 is 37.4 Å². The van der Waals surface area contributed by atoms with E-state index >= 15 is 0 Å². The van der Waals surface area contributed by atoms with E-state index in [1.165, 1.54) is 0 Å². The average Bonchev–Trinajstić information content (AvgIpc) is 3.08. The number of likely N-dealkylation sites (tertiary alicyclic amines) is 1. The maximum absolute atomic E-state index is 13.6. The van der Waals surface area contributed by atoms with Gasteiger partial charge in [-0.05, 0) is 22.3 Å². The number of amides is 2. The first kappa shape index (κ1) is 24.6. The number of nitrogens with one attached hydrogen (secondary N) is 1. The van der Waals surface area contributed by atoms with E-state index in [0.717, 1.165) is 22.3 Å². The quantitative estimate of drug-likeness (QED) is 0.638. The normalized spacial score (nSPS) is 19.2. The highest BCUT2D eigenvalue weighted by Crippen LogP contribution is 2.44. The molecule has 2 amide bonds. The van der Waals surface area contributed by atoms with E-state index in [1.807, 2.05) is 53.8 Å². The fourth-order valence-corrected chi connectivity index (χ4v) is 4.98. The number of carboxylic acids is 1. The fourth-order valence-electron chi connectivity index (χ4n) is 4.98. The molecule has 0 spiro atoms. The third-order valence-electron chi connectivity index (χ3n) is 6.63. The van der Waals surface area contributed by atoms with E-state index in [2.05, 4.69) is 0 Å². The van der Waals surface area contributed by atoms with Crippen LogP contribution in [0.5, 0.6) is 0 Å². The number of carboxylic acid groups (broad SMARTS) is 1. The summed E-state index contributed by atoms with van der Waals surface area (Å²) in [6.45, 7) is 1.86. The minimum Gasteiger partial charge on any atom is -0.480 e. The van der Waals surface area contributed by atoms with E-state index in [4.69, 9.17) is 4.74 Å². The summed E-state index contributed by atoms with van der Waals surface area (Å²) in [5, 5.41) is 11.4. The van der Waals surface area contributed by atoms with Gasteiger partial charge < -0.3 is 20.1 Å². The van der Waals surface area contributed by atoms with Crippen molar-refractivity contribution >= 4 is 18.0 Å². The number of ether oxygens (including phenoxy) is 1. The molecule has 2 aromatic rings. The predicted molar refractivity (Wildman–Crippen MR) is 120 cm³/mol. The predicted octanol–water partition coefficient (Wildman–Crippen LogP) is 4.03. The van der Waals surface area contributed by atoms with Crippen LogP contribution in [0.25, 0.3) is 11.1 Å². The number of nitrogens with zero attached hydrogens (tertiary/aromatic N) is 1. The van der Waals surface area contributed by atoms with Gasteiger partial charge >= 0.3 is 18.2 Å². The van der Waals surface area contributed by atoms with Crippen molar-refractivity contribution in [3.05, 3.63) is 59.7 Å². The molecule has 0 radical (unpaired) electrons. The second kappa shape index (κ2) is 8.90. The Labute approximate surface area is 199 Å². The van der Waals surface area contributed by atoms with Gasteiger partial charge in [-0.25, -0.2) is 9.59 Å². The summed E-state index contributed by atoms with van der Waals surface area (Å²) in [7, 11) is 0. The third-order valence-corrected chi connectivity index (χ3v) is 6.63. The van der Waals surface area contributed by atoms with Crippen LogP contribution in [-0.4, -0.2) is 59.9 Å². The molecular weight excluding hydrogens is 465 g/mol. The first-order valence-corrected chi connectivity index (χ1v) is 11.1. The number of aliphatic carboxylic acids is 1. The molecule has 0 saturated carbocycles. The molecule has 2 atom stereocenters. The standard InChI is InChI=1S/C25H25F3N2O5/c1-24(2)13-30(20(24)22(32)33)21(31)19(25(26,27)28)11-29-23(34)35-12-18-16-9-5-3-7-14(16)15-8-4-6-10-17(15)18/h3-10,18-20H,11-13H2,1-2H3,(H,29,34)(H,32,33). The summed E-state index contributed by atoms with van der Waals surface area (Å²) in [5.41, 5.74) is 3.06. The summed E-state index contributed by atoms with van der Waals surface area (Å²) in [6.07, 6.45) is -6.07. The molecule has 1 aliphatic carbocycles. The Morgan fingerprint density at radius 2 is 1.63 bits per heavy atom. The smallest absolute Gasteiger partial charge is 0.407 e. The SMILES string of the molecule is CC1(C)CN(C(=O)C(CNC(=O)OCC2c3ccccc3-c3ccccc32)C(F)(F)F)C1C(=O)O. The lowest BCUT2D eigenvalue weighted by Crippen LogP contribution is -2.69. The van der Waals surface area contributed by atoms with Crippen molar-refractivity contribution in [2.24, 2.45) is 11.3 Å². The second-order valence-electron chi connectivity index (χ2n) is 9.50. The van der Waals surface area contributed by atoms with Crippen molar-refractivity contribution in [1.29, 1.82) is 0 Å². The van der Waals surface area contributed by atoms with Gasteiger partial charge in [-0.3, -0.25) is 4.79 Å². The van der Waals surface area contributed by atoms with Crippen molar-refractivity contribution in [3.8, 4) is 11.1 Å². The van der Waals surface area contributed by atoms with Gasteiger partial charge in [-0.2, -0.15) is 13.2 Å². The van der Waals surface area contributed by atoms with Crippen LogP contribution in [-0.2, 0) is 14.3 Å². The van der Waals surface area contributed by atoms with Crippen molar-refractivity contribution in [2.75, 3.05) is 19.7 Å². The lowest BCUT2D eigenvalue weighted by molar-refractivity contribution is -0.202. The Bertz CT molecular complexity index is 1120. The summed E-state index contributed by atoms with van der Waals surface area (Å²) < 4.78 is 46.2. The van der Waals surface area contributed by atoms with Crippen LogP contribution in [0.3, 0.4) is 0 Å². The van der Waals surface area contributed by atoms with E-state index in [-0.39, 0.29) is 19.1 Å². The van der Waals surface area contributed by atoms with Gasteiger partial charge in [-0.15, -0.1) is 0 Å². The Morgan fingerprint density at radius 3 is 2.11 bits per heavy atom. The largest absolute Gasteiger partial charge is 0.480 e. The number of halogens is 3. The van der Waals surface area contributed by atoms with E-state index in [9.17, 15) is 32.7 Å². The molecule has 2 aromatic carbocycles. The molecule has 2 N–H and O–H groups in total. The minimum absolute atomic E-state index is 0.0914. The van der Waals surface area contributed by atoms with Crippen molar-refractivity contribution in [1.82, 2.24) is 10.2 Å². The van der Waals surface area contributed by atoms with Gasteiger partial charge in [0, 0.05) is 24.4 Å². The lowest BCUT2D eigenvalue weighted by Gasteiger charge is -2.52. The molecule has 7 nitrogen and oxygen atoms in total. The van der Waals surface area contributed by atoms with Crippen LogP contribution < -0.4 is 5.32 Å². The number of carbonyl (C=O) groups is 3. The number of benzene rings is 2. The highest BCUT2D eigenvalue weighted by molar-refractivity contribution is 5.88. The Hall–Kier alpha value is -3.56. The zero-order valence-electron chi connectivity index (χ0n) is 19.1. The highest BCUT2D eigenvalue weighted by atomic mass is 19.4. The molecule has 0 bridgehead atoms. The first-order chi connectivity index (χ1) is 16.4. The molecule has 10 heteroatoms. The Kier molecular flexibility index (Phi) is 6.25. The number of alkyl carbamates (subject to hydrolysis) is 1. The molecule has 1 aliphatic heterocycles. The van der Waals surface area contributed by atoms with E-state index < -0.39 is 48.1 Å². The maximum atomic E-state index is 13.6. The summed E-state index contributed by atoms with van der Waals surface area (Å²) in [6, 6.07) is 13.9. The van der Waals surface area contributed by atoms with E-state index in [1.54, 1.807) is 13.8 Å². The molecule has 4 rings (SSSR count). The van der Waals surface area contributed by atoms with Crippen molar-refractivity contribution in [2.45, 2.75) is 32.0 Å². The maximum Gasteiger partial charge on any atom is 0.407 e. The van der Waals surface area contributed by atoms with Crippen LogP contribution >= 0.6 is 0 Å². The summed E-state index contributed by atoms with van der Waals surface area (Å²) in [4.78, 5) is 37.0. The van der Waals surface area contributed by atoms with Crippen LogP contribution in [0.1, 0.15) is 30.9 Å². The summed E-state index contributed by atoms with van der Waals surface area (Å²) >= 11 is 0. The number of fused-ring (bicyclic) bond motifs is 3. The average molecular weight is 490 g/mol. The van der Waals surface area contributed by atoms with Crippen molar-refractivity contribution in [3.63, 3.8) is 0 Å². The van der Waals surface area contributed by atoms with Gasteiger partial charge in [0.1, 0.15) is 12.6 Å². The van der Waals surface area contributed by atoms with E-state index in [0.29, 0.717) is 4.90 Å². The zero-order chi connectivity index (χ0) is 25.5. The molecule has 1 saturated heterocycles. The molecule has 0 aromatic heterocycles. The number of alkyl halides is 3. The number of hydrogen-bond donors (Lipinski definition) is 2. The number of carbonyl (C=O) groups excluding carboxylic acids is 2. The third kappa shape index (κ3) is 4.56. The van der Waals surface area contributed by atoms with Crippen LogP contribution in [0.15, 0.2) is 48.5 Å². The monoisotopic (exact) mass is 490 g/mol.